The van der Waals surface area contributed by atoms with E-state index in [1.165, 1.54) is 0 Å². The second kappa shape index (κ2) is 8.97. The van der Waals surface area contributed by atoms with Crippen LogP contribution in [0.15, 0.2) is 31.8 Å². The van der Waals surface area contributed by atoms with Gasteiger partial charge in [0, 0.05) is 25.1 Å². The molecule has 21 heavy (non-hydrogen) atoms. The Hall–Kier alpha value is -0.310. The monoisotopic (exact) mass is 361 g/mol. The van der Waals surface area contributed by atoms with Gasteiger partial charge in [-0.3, -0.25) is 0 Å². The summed E-state index contributed by atoms with van der Waals surface area (Å²) < 4.78 is 6.90. The van der Waals surface area contributed by atoms with Gasteiger partial charge in [-0.05, 0) is 17.9 Å². The molecule has 1 N–H and O–H groups in total. The van der Waals surface area contributed by atoms with Crippen molar-refractivity contribution in [3.63, 3.8) is 0 Å². The molecule has 1 heterocycles. The summed E-state index contributed by atoms with van der Waals surface area (Å²) >= 11 is 11.1. The first-order chi connectivity index (χ1) is 10.2. The molecule has 0 aliphatic carbocycles. The third-order valence-electron chi connectivity index (χ3n) is 2.60. The number of thioether (sulfide) groups is 1. The predicted octanol–water partition coefficient (Wildman–Crippen LogP) is 3.80. The topological polar surface area (TPSA) is 47.0 Å². The number of hydrogen-bond acceptors (Lipinski definition) is 7. The van der Waals surface area contributed by atoms with E-state index in [0.717, 1.165) is 37.3 Å². The van der Waals surface area contributed by atoms with Crippen LogP contribution in [0.25, 0.3) is 0 Å². The molecule has 0 bridgehead atoms. The standard InChI is InChI=1S/C13H16ClN3OS3/c1-18-7-6-15-8-9-4-3-5-10(14)11(9)20-13-17-16-12(19-2)21-13/h3-5,15H,6-8H2,1-2H3. The quantitative estimate of drug-likeness (QED) is 0.570. The van der Waals surface area contributed by atoms with Crippen molar-refractivity contribution in [2.24, 2.45) is 0 Å². The van der Waals surface area contributed by atoms with Crippen LogP contribution in [0.3, 0.4) is 0 Å². The van der Waals surface area contributed by atoms with E-state index >= 15 is 0 Å². The van der Waals surface area contributed by atoms with Gasteiger partial charge in [-0.25, -0.2) is 0 Å². The number of rotatable bonds is 8. The summed E-state index contributed by atoms with van der Waals surface area (Å²) in [5.41, 5.74) is 1.16. The molecule has 0 fully saturated rings. The molecule has 2 rings (SSSR count). The van der Waals surface area contributed by atoms with Gasteiger partial charge >= 0.3 is 0 Å². The van der Waals surface area contributed by atoms with Gasteiger partial charge in [0.05, 0.1) is 11.6 Å². The van der Waals surface area contributed by atoms with E-state index in [1.807, 2.05) is 18.4 Å². The number of halogens is 1. The molecule has 2 aromatic rings. The zero-order valence-electron chi connectivity index (χ0n) is 11.8. The third-order valence-corrected chi connectivity index (χ3v) is 6.16. The molecule has 114 valence electrons. The molecule has 0 spiro atoms. The fraction of sp³-hybridized carbons (Fsp3) is 0.385. The first-order valence-electron chi connectivity index (χ1n) is 6.27. The largest absolute Gasteiger partial charge is 0.383 e. The summed E-state index contributed by atoms with van der Waals surface area (Å²) in [6.45, 7) is 2.25. The Balaban J connectivity index is 2.09. The van der Waals surface area contributed by atoms with Gasteiger partial charge in [-0.2, -0.15) is 0 Å². The van der Waals surface area contributed by atoms with Crippen molar-refractivity contribution in [2.45, 2.75) is 20.1 Å². The molecule has 8 heteroatoms. The number of methoxy groups -OCH3 is 1. The van der Waals surface area contributed by atoms with E-state index in [9.17, 15) is 0 Å². The van der Waals surface area contributed by atoms with Crippen LogP contribution in [-0.4, -0.2) is 36.7 Å². The highest BCUT2D eigenvalue weighted by Gasteiger charge is 2.12. The molecule has 0 aliphatic rings. The molecule has 1 aromatic heterocycles. The van der Waals surface area contributed by atoms with Crippen molar-refractivity contribution in [3.8, 4) is 0 Å². The minimum atomic E-state index is 0.691. The second-order valence-electron chi connectivity index (χ2n) is 4.04. The van der Waals surface area contributed by atoms with E-state index in [-0.39, 0.29) is 0 Å². The minimum Gasteiger partial charge on any atom is -0.383 e. The first kappa shape index (κ1) is 17.1. The average Bonchev–Trinajstić information content (AvgIpc) is 2.94. The van der Waals surface area contributed by atoms with Gasteiger partial charge in [-0.15, -0.1) is 10.2 Å². The lowest BCUT2D eigenvalue weighted by Crippen LogP contribution is -2.18. The van der Waals surface area contributed by atoms with Gasteiger partial charge in [0.25, 0.3) is 0 Å². The van der Waals surface area contributed by atoms with E-state index in [4.69, 9.17) is 16.3 Å². The van der Waals surface area contributed by atoms with Crippen molar-refractivity contribution in [1.82, 2.24) is 15.5 Å². The van der Waals surface area contributed by atoms with Crippen LogP contribution in [-0.2, 0) is 11.3 Å². The lowest BCUT2D eigenvalue weighted by atomic mass is 10.2. The van der Waals surface area contributed by atoms with Crippen molar-refractivity contribution in [3.05, 3.63) is 28.8 Å². The van der Waals surface area contributed by atoms with Crippen molar-refractivity contribution < 1.29 is 4.74 Å². The Kier molecular flexibility index (Phi) is 7.28. The zero-order chi connectivity index (χ0) is 15.1. The maximum atomic E-state index is 6.34. The Morgan fingerprint density at radius 1 is 1.33 bits per heavy atom. The summed E-state index contributed by atoms with van der Waals surface area (Å²) in [4.78, 5) is 1.04. The molecule has 0 aliphatic heterocycles. The molecule has 0 unspecified atom stereocenters. The third kappa shape index (κ3) is 5.12. The van der Waals surface area contributed by atoms with Gasteiger partial charge in [0.2, 0.25) is 0 Å². The summed E-state index contributed by atoms with van der Waals surface area (Å²) in [6.07, 6.45) is 2.00. The van der Waals surface area contributed by atoms with E-state index in [0.29, 0.717) is 6.61 Å². The maximum absolute atomic E-state index is 6.34. The van der Waals surface area contributed by atoms with E-state index in [1.54, 1.807) is 42.0 Å². The summed E-state index contributed by atoms with van der Waals surface area (Å²) in [6, 6.07) is 5.94. The maximum Gasteiger partial charge on any atom is 0.179 e. The lowest BCUT2D eigenvalue weighted by molar-refractivity contribution is 0.199. The van der Waals surface area contributed by atoms with Gasteiger partial charge in [0.1, 0.15) is 0 Å². The fourth-order valence-electron chi connectivity index (χ4n) is 1.61. The molecule has 0 amide bonds. The smallest absolute Gasteiger partial charge is 0.179 e. The highest BCUT2D eigenvalue weighted by atomic mass is 35.5. The van der Waals surface area contributed by atoms with Crippen LogP contribution in [0.2, 0.25) is 5.02 Å². The summed E-state index contributed by atoms with van der Waals surface area (Å²) in [7, 11) is 1.70. The number of benzene rings is 1. The van der Waals surface area contributed by atoms with E-state index in [2.05, 4.69) is 21.6 Å². The molecular weight excluding hydrogens is 346 g/mol. The molecule has 1 aromatic carbocycles. The second-order valence-corrected chi connectivity index (χ2v) is 7.73. The number of nitrogens with one attached hydrogen (secondary N) is 1. The van der Waals surface area contributed by atoms with Crippen LogP contribution in [0.1, 0.15) is 5.56 Å². The van der Waals surface area contributed by atoms with Crippen molar-refractivity contribution in [1.29, 1.82) is 0 Å². The number of aromatic nitrogens is 2. The lowest BCUT2D eigenvalue weighted by Gasteiger charge is -2.10. The van der Waals surface area contributed by atoms with Crippen molar-refractivity contribution in [2.75, 3.05) is 26.5 Å². The number of nitrogens with zero attached hydrogens (tertiary/aromatic N) is 2. The van der Waals surface area contributed by atoms with Crippen LogP contribution in [0, 0.1) is 0 Å². The molecule has 0 saturated heterocycles. The van der Waals surface area contributed by atoms with Crippen molar-refractivity contribution >= 4 is 46.5 Å². The predicted molar refractivity (Wildman–Crippen MR) is 90.8 cm³/mol. The highest BCUT2D eigenvalue weighted by molar-refractivity contribution is 8.03. The minimum absolute atomic E-state index is 0.691. The van der Waals surface area contributed by atoms with Gasteiger partial charge in [-0.1, -0.05) is 58.6 Å². The molecule has 0 radical (unpaired) electrons. The Morgan fingerprint density at radius 2 is 2.14 bits per heavy atom. The molecule has 4 nitrogen and oxygen atoms in total. The number of ether oxygens (including phenoxy) is 1. The SMILES string of the molecule is COCCNCc1cccc(Cl)c1Sc1nnc(SC)s1. The van der Waals surface area contributed by atoms with E-state index < -0.39 is 0 Å². The van der Waals surface area contributed by atoms with Crippen LogP contribution < -0.4 is 5.32 Å². The summed E-state index contributed by atoms with van der Waals surface area (Å²) in [5, 5.41) is 12.4. The van der Waals surface area contributed by atoms with Gasteiger partial charge < -0.3 is 10.1 Å². The Morgan fingerprint density at radius 3 is 2.86 bits per heavy atom. The van der Waals surface area contributed by atoms with Crippen LogP contribution >= 0.6 is 46.5 Å². The molecule has 0 atom stereocenters. The fourth-order valence-corrected chi connectivity index (χ4v) is 4.43. The van der Waals surface area contributed by atoms with Gasteiger partial charge in [0.15, 0.2) is 8.68 Å². The zero-order valence-corrected chi connectivity index (χ0v) is 15.0. The first-order valence-corrected chi connectivity index (χ1v) is 9.50. The average molecular weight is 362 g/mol. The Bertz CT molecular complexity index is 580. The summed E-state index contributed by atoms with van der Waals surface area (Å²) in [5.74, 6) is 0. The number of hydrogen-bond donors (Lipinski definition) is 1. The molecular formula is C13H16ClN3OS3. The molecule has 0 saturated carbocycles. The highest BCUT2D eigenvalue weighted by Crippen LogP contribution is 2.38. The van der Waals surface area contributed by atoms with Crippen LogP contribution in [0.4, 0.5) is 0 Å². The Labute approximate surface area is 142 Å². The normalized spacial score (nSPS) is 11.0. The van der Waals surface area contributed by atoms with Crippen LogP contribution in [0.5, 0.6) is 0 Å².